The van der Waals surface area contributed by atoms with Crippen LogP contribution in [-0.4, -0.2) is 24.2 Å². The van der Waals surface area contributed by atoms with Gasteiger partial charge in [-0.1, -0.05) is 26.2 Å². The molecule has 0 aliphatic heterocycles. The lowest BCUT2D eigenvalue weighted by Crippen LogP contribution is -2.21. The van der Waals surface area contributed by atoms with Crippen molar-refractivity contribution in [3.05, 3.63) is 23.9 Å². The molecular formula is C10H17N3OSi. The van der Waals surface area contributed by atoms with Crippen molar-refractivity contribution in [2.75, 3.05) is 6.61 Å². The van der Waals surface area contributed by atoms with Gasteiger partial charge in [0.15, 0.2) is 6.33 Å². The van der Waals surface area contributed by atoms with Crippen molar-refractivity contribution in [1.82, 2.24) is 9.55 Å². The van der Waals surface area contributed by atoms with Crippen LogP contribution in [0.4, 0.5) is 5.82 Å². The Kier molecular flexibility index (Phi) is 4.06. The minimum atomic E-state index is -0.995. The van der Waals surface area contributed by atoms with Crippen LogP contribution in [0.1, 0.15) is 0 Å². The third kappa shape index (κ3) is 4.77. The monoisotopic (exact) mass is 223 g/mol. The Hall–Kier alpha value is -1.12. The Balaban J connectivity index is 2.24. The van der Waals surface area contributed by atoms with E-state index < -0.39 is 8.07 Å². The second-order valence-corrected chi connectivity index (χ2v) is 10.3. The third-order valence-corrected chi connectivity index (χ3v) is 3.68. The van der Waals surface area contributed by atoms with Crippen molar-refractivity contribution in [3.63, 3.8) is 0 Å². The third-order valence-electron chi connectivity index (χ3n) is 1.97. The number of nitrogens with zero attached hydrogens (tertiary/aromatic N) is 3. The highest BCUT2D eigenvalue weighted by Crippen LogP contribution is 2.09. The van der Waals surface area contributed by atoms with E-state index in [4.69, 9.17) is 11.3 Å². The van der Waals surface area contributed by atoms with Gasteiger partial charge in [0.05, 0.1) is 0 Å². The molecule has 0 fully saturated rings. The molecule has 0 saturated carbocycles. The van der Waals surface area contributed by atoms with Gasteiger partial charge in [-0.25, -0.2) is 0 Å². The maximum Gasteiger partial charge on any atom is 0.287 e. The summed E-state index contributed by atoms with van der Waals surface area (Å²) in [4.78, 5) is 7.13. The Morgan fingerprint density at radius 2 is 2.27 bits per heavy atom. The molecule has 0 atom stereocenters. The molecule has 0 unspecified atom stereocenters. The maximum atomic E-state index is 6.77. The molecule has 0 aliphatic rings. The first-order chi connectivity index (χ1) is 7.01. The second-order valence-electron chi connectivity index (χ2n) is 4.71. The summed E-state index contributed by atoms with van der Waals surface area (Å²) in [5, 5.41) is 0. The summed E-state index contributed by atoms with van der Waals surface area (Å²) in [5.74, 6) is 0.420. The van der Waals surface area contributed by atoms with Crippen LogP contribution in [0.5, 0.6) is 0 Å². The van der Waals surface area contributed by atoms with E-state index in [1.165, 1.54) is 0 Å². The van der Waals surface area contributed by atoms with E-state index in [1.807, 2.05) is 0 Å². The molecule has 0 bridgehead atoms. The summed E-state index contributed by atoms with van der Waals surface area (Å²) in [6.07, 6.45) is 3.32. The highest BCUT2D eigenvalue weighted by molar-refractivity contribution is 6.76. The average Bonchev–Trinajstić information content (AvgIpc) is 2.59. The SMILES string of the molecule is [C-]#[N+]c1cn(COCC[Si](C)(C)C)cn1. The van der Waals surface area contributed by atoms with Gasteiger partial charge >= 0.3 is 0 Å². The first-order valence-electron chi connectivity index (χ1n) is 4.98. The van der Waals surface area contributed by atoms with Gasteiger partial charge in [0, 0.05) is 20.9 Å². The molecular weight excluding hydrogens is 206 g/mol. The Labute approximate surface area is 91.7 Å². The number of ether oxygens (including phenoxy) is 1. The fraction of sp³-hybridized carbons (Fsp3) is 0.600. The van der Waals surface area contributed by atoms with Crippen molar-refractivity contribution in [2.24, 2.45) is 0 Å². The standard InChI is InChI=1S/C10H17N3OSi/c1-11-10-7-13(8-12-10)9-14-5-6-15(2,3)4/h7-8H,5-6,9H2,2-4H3. The summed E-state index contributed by atoms with van der Waals surface area (Å²) in [6, 6.07) is 1.16. The highest BCUT2D eigenvalue weighted by atomic mass is 28.3. The molecule has 1 aromatic rings. The van der Waals surface area contributed by atoms with Crippen LogP contribution < -0.4 is 0 Å². The fourth-order valence-electron chi connectivity index (χ4n) is 1.02. The lowest BCUT2D eigenvalue weighted by Gasteiger charge is -2.15. The minimum Gasteiger partial charge on any atom is -0.361 e. The van der Waals surface area contributed by atoms with E-state index in [0.29, 0.717) is 12.5 Å². The minimum absolute atomic E-state index is 0.420. The van der Waals surface area contributed by atoms with Gasteiger partial charge in [-0.15, -0.1) is 4.98 Å². The largest absolute Gasteiger partial charge is 0.361 e. The van der Waals surface area contributed by atoms with Gasteiger partial charge < -0.3 is 14.1 Å². The van der Waals surface area contributed by atoms with Crippen molar-refractivity contribution >= 4 is 13.9 Å². The summed E-state index contributed by atoms with van der Waals surface area (Å²) in [5.41, 5.74) is 0. The van der Waals surface area contributed by atoms with Crippen molar-refractivity contribution in [1.29, 1.82) is 0 Å². The van der Waals surface area contributed by atoms with Gasteiger partial charge in [0.25, 0.3) is 5.82 Å². The van der Waals surface area contributed by atoms with Crippen molar-refractivity contribution in [2.45, 2.75) is 32.4 Å². The molecule has 0 radical (unpaired) electrons. The molecule has 4 nitrogen and oxygen atoms in total. The molecule has 0 amide bonds. The predicted octanol–water partition coefficient (Wildman–Crippen LogP) is 2.75. The first kappa shape index (κ1) is 11.9. The van der Waals surface area contributed by atoms with E-state index in [-0.39, 0.29) is 0 Å². The van der Waals surface area contributed by atoms with Crippen LogP contribution in [0.25, 0.3) is 4.85 Å². The Morgan fingerprint density at radius 3 is 2.80 bits per heavy atom. The molecule has 1 rings (SSSR count). The van der Waals surface area contributed by atoms with E-state index in [0.717, 1.165) is 12.7 Å². The zero-order valence-corrected chi connectivity index (χ0v) is 10.5. The lowest BCUT2D eigenvalue weighted by atomic mass is 10.8. The summed E-state index contributed by atoms with van der Waals surface area (Å²) in [7, 11) is -0.995. The Morgan fingerprint density at radius 1 is 1.53 bits per heavy atom. The van der Waals surface area contributed by atoms with E-state index >= 15 is 0 Å². The zero-order valence-electron chi connectivity index (χ0n) is 9.53. The molecule has 0 N–H and O–H groups in total. The van der Waals surface area contributed by atoms with Gasteiger partial charge in [-0.3, -0.25) is 0 Å². The molecule has 5 heteroatoms. The van der Waals surface area contributed by atoms with Gasteiger partial charge in [0.2, 0.25) is 0 Å². The molecule has 82 valence electrons. The van der Waals surface area contributed by atoms with Crippen molar-refractivity contribution in [3.8, 4) is 0 Å². The first-order valence-corrected chi connectivity index (χ1v) is 8.69. The van der Waals surface area contributed by atoms with Crippen LogP contribution in [0.15, 0.2) is 12.5 Å². The number of imidazole rings is 1. The molecule has 0 aromatic carbocycles. The van der Waals surface area contributed by atoms with Gasteiger partial charge in [0.1, 0.15) is 6.73 Å². The molecule has 1 aromatic heterocycles. The summed E-state index contributed by atoms with van der Waals surface area (Å²) < 4.78 is 7.30. The van der Waals surface area contributed by atoms with Crippen LogP contribution >= 0.6 is 0 Å². The quantitative estimate of drug-likeness (QED) is 0.436. The van der Waals surface area contributed by atoms with Crippen LogP contribution in [0, 0.1) is 6.57 Å². The molecule has 0 aliphatic carbocycles. The molecule has 0 saturated heterocycles. The number of hydrogen-bond acceptors (Lipinski definition) is 2. The van der Waals surface area contributed by atoms with Gasteiger partial charge in [-0.05, 0) is 6.04 Å². The van der Waals surface area contributed by atoms with Crippen LogP contribution in [0.2, 0.25) is 25.7 Å². The number of hydrogen-bond donors (Lipinski definition) is 0. The Bertz CT molecular complexity index is 348. The highest BCUT2D eigenvalue weighted by Gasteiger charge is 2.11. The second kappa shape index (κ2) is 5.10. The topological polar surface area (TPSA) is 31.4 Å². The smallest absolute Gasteiger partial charge is 0.287 e. The van der Waals surface area contributed by atoms with Crippen LogP contribution in [0.3, 0.4) is 0 Å². The zero-order chi connectivity index (χ0) is 11.3. The van der Waals surface area contributed by atoms with E-state index in [1.54, 1.807) is 17.1 Å². The molecule has 0 spiro atoms. The molecule has 15 heavy (non-hydrogen) atoms. The average molecular weight is 223 g/mol. The lowest BCUT2D eigenvalue weighted by molar-refractivity contribution is 0.0872. The molecule has 1 heterocycles. The van der Waals surface area contributed by atoms with E-state index in [9.17, 15) is 0 Å². The van der Waals surface area contributed by atoms with Crippen LogP contribution in [-0.2, 0) is 11.5 Å². The number of aromatic nitrogens is 2. The normalized spacial score (nSPS) is 11.3. The fourth-order valence-corrected chi connectivity index (χ4v) is 1.78. The van der Waals surface area contributed by atoms with Crippen molar-refractivity contribution < 1.29 is 4.74 Å². The number of rotatable bonds is 5. The van der Waals surface area contributed by atoms with Gasteiger partial charge in [-0.2, -0.15) is 0 Å². The summed E-state index contributed by atoms with van der Waals surface area (Å²) in [6.45, 7) is 15.0. The maximum absolute atomic E-state index is 6.77. The van der Waals surface area contributed by atoms with E-state index in [2.05, 4.69) is 29.5 Å². The predicted molar refractivity (Wildman–Crippen MR) is 62.6 cm³/mol. The summed E-state index contributed by atoms with van der Waals surface area (Å²) >= 11 is 0.